The van der Waals surface area contributed by atoms with E-state index in [2.05, 4.69) is 9.98 Å². The zero-order valence-electron chi connectivity index (χ0n) is 10.3. The molecule has 0 aromatic carbocycles. The fourth-order valence-electron chi connectivity index (χ4n) is 1.55. The summed E-state index contributed by atoms with van der Waals surface area (Å²) < 4.78 is 28.2. The van der Waals surface area contributed by atoms with Crippen LogP contribution in [-0.4, -0.2) is 37.7 Å². The molecule has 2 heterocycles. The average Bonchev–Trinajstić information content (AvgIpc) is 2.56. The van der Waals surface area contributed by atoms with Gasteiger partial charge in [-0.1, -0.05) is 11.6 Å². The number of halogens is 1. The van der Waals surface area contributed by atoms with E-state index in [1.54, 1.807) is 0 Å². The average molecular weight is 289 g/mol. The molecule has 0 spiro atoms. The molecule has 0 atom stereocenters. The second-order valence-corrected chi connectivity index (χ2v) is 7.14. The summed E-state index contributed by atoms with van der Waals surface area (Å²) in [6.07, 6.45) is 2.47. The van der Waals surface area contributed by atoms with Crippen LogP contribution in [0.5, 0.6) is 0 Å². The van der Waals surface area contributed by atoms with Gasteiger partial charge in [0.1, 0.15) is 6.61 Å². The van der Waals surface area contributed by atoms with Crippen LogP contribution < -0.4 is 0 Å². The van der Waals surface area contributed by atoms with E-state index in [0.29, 0.717) is 18.1 Å². The Bertz CT molecular complexity index is 623. The highest BCUT2D eigenvalue weighted by atomic mass is 35.5. The summed E-state index contributed by atoms with van der Waals surface area (Å²) in [5, 5.41) is -0.0585. The minimum atomic E-state index is -3.42. The van der Waals surface area contributed by atoms with E-state index in [9.17, 15) is 8.42 Å². The van der Waals surface area contributed by atoms with Gasteiger partial charge >= 0.3 is 0 Å². The van der Waals surface area contributed by atoms with E-state index in [1.807, 2.05) is 13.8 Å². The minimum Gasteiger partial charge on any atom is -0.475 e. The molecule has 18 heavy (non-hydrogen) atoms. The smallest absolute Gasteiger partial charge is 0.218 e. The molecule has 1 aliphatic rings. The predicted octanol–water partition coefficient (Wildman–Crippen LogP) is 1.69. The summed E-state index contributed by atoms with van der Waals surface area (Å²) in [6.45, 7) is 4.37. The van der Waals surface area contributed by atoms with Crippen LogP contribution in [0.1, 0.15) is 19.4 Å². The molecule has 1 aliphatic heterocycles. The number of aromatic nitrogens is 1. The van der Waals surface area contributed by atoms with Crippen LogP contribution in [0, 0.1) is 0 Å². The van der Waals surface area contributed by atoms with Gasteiger partial charge in [-0.3, -0.25) is 0 Å². The highest BCUT2D eigenvalue weighted by Gasteiger charge is 2.28. The van der Waals surface area contributed by atoms with E-state index < -0.39 is 9.84 Å². The molecule has 5 nitrogen and oxygen atoms in total. The van der Waals surface area contributed by atoms with Gasteiger partial charge < -0.3 is 4.74 Å². The molecule has 0 saturated heterocycles. The van der Waals surface area contributed by atoms with E-state index >= 15 is 0 Å². The Morgan fingerprint density at radius 3 is 2.56 bits per heavy atom. The van der Waals surface area contributed by atoms with Crippen LogP contribution in [-0.2, 0) is 14.6 Å². The minimum absolute atomic E-state index is 0.0750. The van der Waals surface area contributed by atoms with Crippen molar-refractivity contribution in [3.05, 3.63) is 22.8 Å². The highest BCUT2D eigenvalue weighted by molar-refractivity contribution is 7.90. The van der Waals surface area contributed by atoms with Crippen molar-refractivity contribution in [3.63, 3.8) is 0 Å². The molecule has 0 unspecified atom stereocenters. The molecule has 2 rings (SSSR count). The number of pyridine rings is 1. The van der Waals surface area contributed by atoms with Crippen molar-refractivity contribution < 1.29 is 13.2 Å². The monoisotopic (exact) mass is 288 g/mol. The van der Waals surface area contributed by atoms with Gasteiger partial charge in [0.15, 0.2) is 14.9 Å². The molecule has 0 bridgehead atoms. The van der Waals surface area contributed by atoms with E-state index in [-0.39, 0.29) is 15.6 Å². The van der Waals surface area contributed by atoms with Crippen LogP contribution in [0.2, 0.25) is 5.02 Å². The first-order valence-electron chi connectivity index (χ1n) is 5.28. The third-order valence-electron chi connectivity index (χ3n) is 2.37. The Balaban J connectivity index is 2.43. The molecule has 0 aliphatic carbocycles. The standard InChI is InChI=1S/C11H13ClN2O3S/c1-11(2)6-17-9(14-11)7-4-8(12)10(13-5-7)18(3,15)16/h4-5H,6H2,1-3H3. The van der Waals surface area contributed by atoms with Crippen molar-refractivity contribution in [2.24, 2.45) is 4.99 Å². The van der Waals surface area contributed by atoms with Crippen LogP contribution in [0.4, 0.5) is 0 Å². The Labute approximate surface area is 111 Å². The second kappa shape index (κ2) is 4.20. The number of aliphatic imine (C=N–C) groups is 1. The predicted molar refractivity (Wildman–Crippen MR) is 68.9 cm³/mol. The molecular formula is C11H13ClN2O3S. The Morgan fingerprint density at radius 1 is 1.44 bits per heavy atom. The summed E-state index contributed by atoms with van der Waals surface area (Å²) in [5.74, 6) is 0.439. The number of nitrogens with zero attached hydrogens (tertiary/aromatic N) is 2. The zero-order valence-corrected chi connectivity index (χ0v) is 11.8. The van der Waals surface area contributed by atoms with Crippen LogP contribution >= 0.6 is 11.6 Å². The summed E-state index contributed by atoms with van der Waals surface area (Å²) in [5.41, 5.74) is 0.301. The third-order valence-corrected chi connectivity index (χ3v) is 3.80. The molecule has 1 aromatic rings. The lowest BCUT2D eigenvalue weighted by Gasteiger charge is -2.07. The van der Waals surface area contributed by atoms with Crippen molar-refractivity contribution in [1.29, 1.82) is 0 Å². The van der Waals surface area contributed by atoms with Gasteiger partial charge in [0.05, 0.1) is 16.1 Å². The largest absolute Gasteiger partial charge is 0.475 e. The van der Waals surface area contributed by atoms with Gasteiger partial charge in [-0.25, -0.2) is 18.4 Å². The van der Waals surface area contributed by atoms with Crippen molar-refractivity contribution in [2.45, 2.75) is 24.4 Å². The Morgan fingerprint density at radius 2 is 2.11 bits per heavy atom. The zero-order chi connectivity index (χ0) is 13.6. The van der Waals surface area contributed by atoms with Crippen LogP contribution in [0.3, 0.4) is 0 Å². The molecule has 98 valence electrons. The van der Waals surface area contributed by atoms with Crippen LogP contribution in [0.15, 0.2) is 22.3 Å². The van der Waals surface area contributed by atoms with Gasteiger partial charge in [0.25, 0.3) is 0 Å². The van der Waals surface area contributed by atoms with E-state index in [0.717, 1.165) is 6.26 Å². The SMILES string of the molecule is CC1(C)COC(c2cnc(S(C)(=O)=O)c(Cl)c2)=N1. The molecule has 7 heteroatoms. The first kappa shape index (κ1) is 13.3. The number of ether oxygens (including phenoxy) is 1. The second-order valence-electron chi connectivity index (χ2n) is 4.80. The first-order valence-corrected chi connectivity index (χ1v) is 7.55. The molecule has 0 fully saturated rings. The molecule has 0 saturated carbocycles. The van der Waals surface area contributed by atoms with E-state index in [1.165, 1.54) is 12.3 Å². The van der Waals surface area contributed by atoms with Crippen molar-refractivity contribution >= 4 is 27.3 Å². The summed E-state index contributed by atoms with van der Waals surface area (Å²) >= 11 is 5.91. The number of sulfone groups is 1. The fraction of sp³-hybridized carbons (Fsp3) is 0.455. The molecule has 0 radical (unpaired) electrons. The van der Waals surface area contributed by atoms with E-state index in [4.69, 9.17) is 16.3 Å². The molecule has 1 aromatic heterocycles. The Kier molecular flexibility index (Phi) is 3.11. The maximum absolute atomic E-state index is 11.4. The lowest BCUT2D eigenvalue weighted by molar-refractivity contribution is 0.279. The number of rotatable bonds is 2. The van der Waals surface area contributed by atoms with Gasteiger partial charge in [-0.15, -0.1) is 0 Å². The maximum Gasteiger partial charge on any atom is 0.218 e. The fourth-order valence-corrected chi connectivity index (χ4v) is 2.79. The lowest BCUT2D eigenvalue weighted by Crippen LogP contribution is -2.17. The molecule has 0 N–H and O–H groups in total. The van der Waals surface area contributed by atoms with Gasteiger partial charge in [-0.05, 0) is 19.9 Å². The summed E-state index contributed by atoms with van der Waals surface area (Å²) in [6, 6.07) is 1.51. The topological polar surface area (TPSA) is 68.6 Å². The maximum atomic E-state index is 11.4. The number of hydrogen-bond acceptors (Lipinski definition) is 5. The Hall–Kier alpha value is -1.14. The first-order chi connectivity index (χ1) is 8.19. The molecular weight excluding hydrogens is 276 g/mol. The van der Waals surface area contributed by atoms with Gasteiger partial charge in [0, 0.05) is 12.5 Å². The lowest BCUT2D eigenvalue weighted by atomic mass is 10.1. The van der Waals surface area contributed by atoms with Crippen molar-refractivity contribution in [2.75, 3.05) is 12.9 Å². The summed E-state index contributed by atoms with van der Waals surface area (Å²) in [7, 11) is -3.42. The highest BCUT2D eigenvalue weighted by Crippen LogP contribution is 2.24. The van der Waals surface area contributed by atoms with Gasteiger partial charge in [-0.2, -0.15) is 0 Å². The number of hydrogen-bond donors (Lipinski definition) is 0. The van der Waals surface area contributed by atoms with Crippen molar-refractivity contribution in [1.82, 2.24) is 4.98 Å². The quantitative estimate of drug-likeness (QED) is 0.830. The summed E-state index contributed by atoms with van der Waals surface area (Å²) in [4.78, 5) is 8.23. The van der Waals surface area contributed by atoms with Crippen LogP contribution in [0.25, 0.3) is 0 Å². The van der Waals surface area contributed by atoms with Gasteiger partial charge in [0.2, 0.25) is 5.90 Å². The molecule has 0 amide bonds. The third kappa shape index (κ3) is 2.64. The normalized spacial score (nSPS) is 18.3. The van der Waals surface area contributed by atoms with Crippen molar-refractivity contribution in [3.8, 4) is 0 Å².